The number of aliphatic hydroxyl groups excluding tert-OH is 1. The maximum atomic E-state index is 10.5. The first-order valence-corrected chi connectivity index (χ1v) is 3.88. The molecule has 1 unspecified atom stereocenters. The third-order valence-corrected chi connectivity index (χ3v) is 1.83. The summed E-state index contributed by atoms with van der Waals surface area (Å²) in [5, 5.41) is 17.3. The molecule has 13 heavy (non-hydrogen) atoms. The second-order valence-corrected chi connectivity index (χ2v) is 2.66. The molecule has 0 aromatic heterocycles. The van der Waals surface area contributed by atoms with Crippen LogP contribution in [-0.4, -0.2) is 18.0 Å². The van der Waals surface area contributed by atoms with Gasteiger partial charge in [0.15, 0.2) is 0 Å². The largest absolute Gasteiger partial charge is 0.395 e. The number of hydrogen-bond donors (Lipinski definition) is 1. The van der Waals surface area contributed by atoms with Crippen LogP contribution in [0.4, 0.5) is 0 Å². The number of rotatable bonds is 3. The lowest BCUT2D eigenvalue weighted by molar-refractivity contribution is -0.109. The molecule has 3 nitrogen and oxygen atoms in total. The highest BCUT2D eigenvalue weighted by molar-refractivity contribution is 5.62. The van der Waals surface area contributed by atoms with Crippen LogP contribution in [0, 0.1) is 11.3 Å². The lowest BCUT2D eigenvalue weighted by Gasteiger charge is -2.05. The van der Waals surface area contributed by atoms with E-state index in [1.807, 2.05) is 6.07 Å². The SMILES string of the molecule is N#Cc1ccc(C(C=O)CO)cc1. The molecule has 0 bridgehead atoms. The number of nitrogens with zero attached hydrogens (tertiary/aromatic N) is 1. The van der Waals surface area contributed by atoms with E-state index in [-0.39, 0.29) is 6.61 Å². The zero-order valence-corrected chi connectivity index (χ0v) is 6.97. The Kier molecular flexibility index (Phi) is 3.18. The highest BCUT2D eigenvalue weighted by Gasteiger charge is 2.07. The fourth-order valence-electron chi connectivity index (χ4n) is 1.03. The van der Waals surface area contributed by atoms with E-state index >= 15 is 0 Å². The number of nitriles is 1. The molecule has 0 heterocycles. The van der Waals surface area contributed by atoms with Crippen molar-refractivity contribution in [3.8, 4) is 6.07 Å². The van der Waals surface area contributed by atoms with E-state index in [0.717, 1.165) is 5.56 Å². The molecule has 0 aliphatic rings. The third kappa shape index (κ3) is 2.14. The third-order valence-electron chi connectivity index (χ3n) is 1.83. The number of aldehydes is 1. The molecule has 0 aliphatic carbocycles. The van der Waals surface area contributed by atoms with Crippen LogP contribution in [0.5, 0.6) is 0 Å². The molecule has 0 saturated carbocycles. The van der Waals surface area contributed by atoms with E-state index in [0.29, 0.717) is 11.8 Å². The molecular weight excluding hydrogens is 166 g/mol. The topological polar surface area (TPSA) is 61.1 Å². The molecule has 0 aliphatic heterocycles. The van der Waals surface area contributed by atoms with Crippen molar-refractivity contribution in [1.82, 2.24) is 0 Å². The number of aliphatic hydroxyl groups is 1. The summed E-state index contributed by atoms with van der Waals surface area (Å²) in [4.78, 5) is 10.5. The molecular formula is C10H9NO2. The lowest BCUT2D eigenvalue weighted by Crippen LogP contribution is -2.04. The van der Waals surface area contributed by atoms with Gasteiger partial charge in [0.2, 0.25) is 0 Å². The van der Waals surface area contributed by atoms with E-state index in [4.69, 9.17) is 10.4 Å². The molecule has 0 fully saturated rings. The minimum absolute atomic E-state index is 0.199. The molecule has 0 radical (unpaired) electrons. The van der Waals surface area contributed by atoms with Crippen LogP contribution in [-0.2, 0) is 4.79 Å². The second kappa shape index (κ2) is 4.39. The highest BCUT2D eigenvalue weighted by Crippen LogP contribution is 2.13. The first kappa shape index (κ1) is 9.43. The molecule has 1 aromatic rings. The van der Waals surface area contributed by atoms with Crippen LogP contribution in [0.3, 0.4) is 0 Å². The minimum atomic E-state index is -0.479. The van der Waals surface area contributed by atoms with E-state index in [2.05, 4.69) is 0 Å². The Morgan fingerprint density at radius 2 is 2.08 bits per heavy atom. The van der Waals surface area contributed by atoms with Crippen molar-refractivity contribution in [3.05, 3.63) is 35.4 Å². The van der Waals surface area contributed by atoms with Crippen LogP contribution in [0.15, 0.2) is 24.3 Å². The molecule has 0 spiro atoms. The van der Waals surface area contributed by atoms with Gasteiger partial charge in [0.05, 0.1) is 24.2 Å². The molecule has 1 rings (SSSR count). The highest BCUT2D eigenvalue weighted by atomic mass is 16.3. The fourth-order valence-corrected chi connectivity index (χ4v) is 1.03. The summed E-state index contributed by atoms with van der Waals surface area (Å²) in [7, 11) is 0. The van der Waals surface area contributed by atoms with E-state index in [1.165, 1.54) is 0 Å². The number of hydrogen-bond acceptors (Lipinski definition) is 3. The Hall–Kier alpha value is -1.66. The van der Waals surface area contributed by atoms with Crippen molar-refractivity contribution < 1.29 is 9.90 Å². The Morgan fingerprint density at radius 3 is 2.46 bits per heavy atom. The van der Waals surface area contributed by atoms with Crippen molar-refractivity contribution >= 4 is 6.29 Å². The summed E-state index contributed by atoms with van der Waals surface area (Å²) in [5.74, 6) is -0.479. The van der Waals surface area contributed by atoms with Gasteiger partial charge in [-0.15, -0.1) is 0 Å². The molecule has 0 saturated heterocycles. The van der Waals surface area contributed by atoms with E-state index in [1.54, 1.807) is 24.3 Å². The van der Waals surface area contributed by atoms with Crippen molar-refractivity contribution in [2.75, 3.05) is 6.61 Å². The zero-order chi connectivity index (χ0) is 9.68. The van der Waals surface area contributed by atoms with Gasteiger partial charge >= 0.3 is 0 Å². The summed E-state index contributed by atoms with van der Waals surface area (Å²) >= 11 is 0. The van der Waals surface area contributed by atoms with Gasteiger partial charge in [-0.2, -0.15) is 5.26 Å². The maximum absolute atomic E-state index is 10.5. The van der Waals surface area contributed by atoms with Gasteiger partial charge < -0.3 is 9.90 Å². The molecule has 66 valence electrons. The van der Waals surface area contributed by atoms with Crippen LogP contribution >= 0.6 is 0 Å². The summed E-state index contributed by atoms with van der Waals surface area (Å²) in [6.45, 7) is -0.199. The van der Waals surface area contributed by atoms with Crippen LogP contribution < -0.4 is 0 Å². The van der Waals surface area contributed by atoms with Crippen molar-refractivity contribution in [2.24, 2.45) is 0 Å². The normalized spacial score (nSPS) is 11.7. The average Bonchev–Trinajstić information content (AvgIpc) is 2.21. The lowest BCUT2D eigenvalue weighted by atomic mass is 10.0. The summed E-state index contributed by atoms with van der Waals surface area (Å²) in [6.07, 6.45) is 0.696. The predicted molar refractivity (Wildman–Crippen MR) is 47.0 cm³/mol. The van der Waals surface area contributed by atoms with E-state index < -0.39 is 5.92 Å². The van der Waals surface area contributed by atoms with Crippen molar-refractivity contribution in [3.63, 3.8) is 0 Å². The molecule has 1 atom stereocenters. The molecule has 1 N–H and O–H groups in total. The summed E-state index contributed by atoms with van der Waals surface area (Å²) in [5.41, 5.74) is 1.28. The smallest absolute Gasteiger partial charge is 0.129 e. The van der Waals surface area contributed by atoms with Gasteiger partial charge in [0.25, 0.3) is 0 Å². The standard InChI is InChI=1S/C10H9NO2/c11-5-8-1-3-9(4-2-8)10(6-12)7-13/h1-4,6,10,13H,7H2. The second-order valence-electron chi connectivity index (χ2n) is 2.66. The predicted octanol–water partition coefficient (Wildman–Crippen LogP) is 0.833. The van der Waals surface area contributed by atoms with Crippen LogP contribution in [0.1, 0.15) is 17.0 Å². The summed E-state index contributed by atoms with van der Waals surface area (Å²) < 4.78 is 0. The number of carbonyl (C=O) groups excluding carboxylic acids is 1. The monoisotopic (exact) mass is 175 g/mol. The van der Waals surface area contributed by atoms with Gasteiger partial charge in [-0.05, 0) is 17.7 Å². The van der Waals surface area contributed by atoms with E-state index in [9.17, 15) is 4.79 Å². The number of carbonyl (C=O) groups is 1. The number of benzene rings is 1. The average molecular weight is 175 g/mol. The summed E-state index contributed by atoms with van der Waals surface area (Å²) in [6, 6.07) is 8.58. The van der Waals surface area contributed by atoms with Crippen LogP contribution in [0.25, 0.3) is 0 Å². The molecule has 0 amide bonds. The Bertz CT molecular complexity index is 324. The van der Waals surface area contributed by atoms with Crippen LogP contribution in [0.2, 0.25) is 0 Å². The van der Waals surface area contributed by atoms with Crippen molar-refractivity contribution in [1.29, 1.82) is 5.26 Å². The Morgan fingerprint density at radius 1 is 1.46 bits per heavy atom. The van der Waals surface area contributed by atoms with Gasteiger partial charge in [0, 0.05) is 0 Å². The quantitative estimate of drug-likeness (QED) is 0.692. The molecule has 3 heteroatoms. The Balaban J connectivity index is 2.91. The zero-order valence-electron chi connectivity index (χ0n) is 6.97. The first-order valence-electron chi connectivity index (χ1n) is 3.88. The van der Waals surface area contributed by atoms with Gasteiger partial charge in [-0.25, -0.2) is 0 Å². The fraction of sp³-hybridized carbons (Fsp3) is 0.200. The van der Waals surface area contributed by atoms with Gasteiger partial charge in [-0.3, -0.25) is 0 Å². The Labute approximate surface area is 76.2 Å². The molecule has 1 aromatic carbocycles. The first-order chi connectivity index (χ1) is 6.31. The van der Waals surface area contributed by atoms with Gasteiger partial charge in [0.1, 0.15) is 6.29 Å². The minimum Gasteiger partial charge on any atom is -0.395 e. The maximum Gasteiger partial charge on any atom is 0.129 e. The van der Waals surface area contributed by atoms with Gasteiger partial charge in [-0.1, -0.05) is 12.1 Å². The van der Waals surface area contributed by atoms with Crippen molar-refractivity contribution in [2.45, 2.75) is 5.92 Å².